The molecular formula is C17H18ClNO2. The largest absolute Gasteiger partial charge is 0.484 e. The molecule has 110 valence electrons. The number of ether oxygens (including phenoxy) is 1. The van der Waals surface area contributed by atoms with Crippen LogP contribution in [0, 0.1) is 0 Å². The number of carbonyl (C=O) groups is 1. The molecule has 1 unspecified atom stereocenters. The summed E-state index contributed by atoms with van der Waals surface area (Å²) in [4.78, 5) is 11.8. The molecule has 0 aliphatic rings. The van der Waals surface area contributed by atoms with E-state index in [2.05, 4.69) is 24.4 Å². The van der Waals surface area contributed by atoms with Crippen LogP contribution in [0.4, 0.5) is 0 Å². The van der Waals surface area contributed by atoms with Crippen molar-refractivity contribution in [3.8, 4) is 5.75 Å². The van der Waals surface area contributed by atoms with Crippen molar-refractivity contribution < 1.29 is 9.53 Å². The molecule has 0 aliphatic carbocycles. The minimum absolute atomic E-state index is 0.0121. The number of nitrogens with one attached hydrogen (secondary N) is 1. The zero-order valence-electron chi connectivity index (χ0n) is 11.9. The van der Waals surface area contributed by atoms with Crippen molar-refractivity contribution in [3.05, 3.63) is 65.2 Å². The second kappa shape index (κ2) is 7.70. The van der Waals surface area contributed by atoms with Crippen LogP contribution in [0.25, 0.3) is 0 Å². The molecule has 0 spiro atoms. The molecule has 3 nitrogen and oxygen atoms in total. The molecular weight excluding hydrogens is 286 g/mol. The van der Waals surface area contributed by atoms with Gasteiger partial charge in [-0.3, -0.25) is 4.79 Å². The molecule has 0 heterocycles. The fraction of sp³-hybridized carbons (Fsp3) is 0.235. The van der Waals surface area contributed by atoms with E-state index in [4.69, 9.17) is 16.3 Å². The van der Waals surface area contributed by atoms with Crippen LogP contribution in [0.3, 0.4) is 0 Å². The summed E-state index contributed by atoms with van der Waals surface area (Å²) in [5, 5.41) is 3.46. The average molecular weight is 304 g/mol. The Labute approximate surface area is 129 Å². The monoisotopic (exact) mass is 303 g/mol. The third-order valence-electron chi connectivity index (χ3n) is 3.14. The van der Waals surface area contributed by atoms with Gasteiger partial charge in [0.1, 0.15) is 5.75 Å². The van der Waals surface area contributed by atoms with Gasteiger partial charge in [-0.25, -0.2) is 0 Å². The predicted octanol–water partition coefficient (Wildman–Crippen LogP) is 3.64. The van der Waals surface area contributed by atoms with Gasteiger partial charge >= 0.3 is 0 Å². The summed E-state index contributed by atoms with van der Waals surface area (Å²) in [6.07, 6.45) is 0. The number of hydrogen-bond donors (Lipinski definition) is 1. The molecule has 4 heteroatoms. The van der Waals surface area contributed by atoms with E-state index in [1.165, 1.54) is 5.56 Å². The quantitative estimate of drug-likeness (QED) is 0.885. The maximum atomic E-state index is 11.8. The Balaban J connectivity index is 1.75. The molecule has 0 bridgehead atoms. The smallest absolute Gasteiger partial charge is 0.257 e. The van der Waals surface area contributed by atoms with E-state index >= 15 is 0 Å². The van der Waals surface area contributed by atoms with Crippen molar-refractivity contribution in [1.82, 2.24) is 5.32 Å². The lowest BCUT2D eigenvalue weighted by Gasteiger charge is -2.13. The van der Waals surface area contributed by atoms with Gasteiger partial charge in [0.15, 0.2) is 6.61 Å². The molecule has 0 aliphatic heterocycles. The van der Waals surface area contributed by atoms with Crippen LogP contribution < -0.4 is 10.1 Å². The van der Waals surface area contributed by atoms with Crippen molar-refractivity contribution in [2.24, 2.45) is 0 Å². The van der Waals surface area contributed by atoms with Crippen LogP contribution in [-0.4, -0.2) is 19.1 Å². The molecule has 0 aromatic heterocycles. The van der Waals surface area contributed by atoms with Crippen LogP contribution in [0.2, 0.25) is 5.02 Å². The van der Waals surface area contributed by atoms with E-state index < -0.39 is 0 Å². The summed E-state index contributed by atoms with van der Waals surface area (Å²) in [7, 11) is 0. The zero-order valence-corrected chi connectivity index (χ0v) is 12.6. The molecule has 1 atom stereocenters. The van der Waals surface area contributed by atoms with E-state index in [-0.39, 0.29) is 18.4 Å². The van der Waals surface area contributed by atoms with Crippen molar-refractivity contribution >= 4 is 17.5 Å². The highest BCUT2D eigenvalue weighted by atomic mass is 35.5. The molecule has 2 aromatic carbocycles. The summed E-state index contributed by atoms with van der Waals surface area (Å²) in [6, 6.07) is 17.1. The van der Waals surface area contributed by atoms with Gasteiger partial charge in [0, 0.05) is 11.6 Å². The first-order valence-corrected chi connectivity index (χ1v) is 7.23. The molecule has 1 amide bonds. The summed E-state index contributed by atoms with van der Waals surface area (Å²) < 4.78 is 5.39. The van der Waals surface area contributed by atoms with Gasteiger partial charge in [-0.15, -0.1) is 0 Å². The van der Waals surface area contributed by atoms with Gasteiger partial charge in [0.25, 0.3) is 5.91 Å². The van der Waals surface area contributed by atoms with Gasteiger partial charge in [0.2, 0.25) is 0 Å². The Bertz CT molecular complexity index is 586. The topological polar surface area (TPSA) is 38.3 Å². The van der Waals surface area contributed by atoms with E-state index in [0.29, 0.717) is 17.3 Å². The Morgan fingerprint density at radius 1 is 1.19 bits per heavy atom. The number of amides is 1. The van der Waals surface area contributed by atoms with Crippen molar-refractivity contribution in [1.29, 1.82) is 0 Å². The second-order valence-electron chi connectivity index (χ2n) is 4.86. The maximum Gasteiger partial charge on any atom is 0.257 e. The first-order valence-electron chi connectivity index (χ1n) is 6.85. The minimum atomic E-state index is -0.141. The van der Waals surface area contributed by atoms with Crippen LogP contribution in [0.1, 0.15) is 18.4 Å². The number of hydrogen-bond acceptors (Lipinski definition) is 2. The highest BCUT2D eigenvalue weighted by Gasteiger charge is 2.08. The molecule has 2 rings (SSSR count). The zero-order chi connectivity index (χ0) is 15.1. The Morgan fingerprint density at radius 3 is 2.67 bits per heavy atom. The van der Waals surface area contributed by atoms with Crippen LogP contribution in [0.15, 0.2) is 54.6 Å². The van der Waals surface area contributed by atoms with E-state index in [9.17, 15) is 4.79 Å². The lowest BCUT2D eigenvalue weighted by Crippen LogP contribution is -2.31. The minimum Gasteiger partial charge on any atom is -0.484 e. The standard InChI is InChI=1S/C17H18ClNO2/c1-13(14-6-3-2-4-7-14)11-19-17(20)12-21-16-9-5-8-15(18)10-16/h2-10,13H,11-12H2,1H3,(H,19,20). The molecule has 0 fully saturated rings. The summed E-state index contributed by atoms with van der Waals surface area (Å²) in [5.74, 6) is 0.716. The number of rotatable bonds is 6. The van der Waals surface area contributed by atoms with Crippen molar-refractivity contribution in [2.75, 3.05) is 13.2 Å². The molecule has 0 radical (unpaired) electrons. The Kier molecular flexibility index (Phi) is 5.64. The third-order valence-corrected chi connectivity index (χ3v) is 3.38. The lowest BCUT2D eigenvalue weighted by atomic mass is 10.0. The number of carbonyl (C=O) groups excluding carboxylic acids is 1. The highest BCUT2D eigenvalue weighted by molar-refractivity contribution is 6.30. The Hall–Kier alpha value is -2.00. The number of halogens is 1. The summed E-state index contributed by atoms with van der Waals surface area (Å²) in [6.45, 7) is 2.65. The molecule has 2 aromatic rings. The molecule has 0 saturated carbocycles. The van der Waals surface area contributed by atoms with E-state index in [0.717, 1.165) is 0 Å². The van der Waals surface area contributed by atoms with Gasteiger partial charge in [-0.05, 0) is 29.7 Å². The Morgan fingerprint density at radius 2 is 1.95 bits per heavy atom. The van der Waals surface area contributed by atoms with E-state index in [1.807, 2.05) is 18.2 Å². The number of benzene rings is 2. The SMILES string of the molecule is CC(CNC(=O)COc1cccc(Cl)c1)c1ccccc1. The first kappa shape index (κ1) is 15.4. The van der Waals surface area contributed by atoms with Crippen LogP contribution in [-0.2, 0) is 4.79 Å². The van der Waals surface area contributed by atoms with Gasteiger partial charge in [-0.2, -0.15) is 0 Å². The first-order chi connectivity index (χ1) is 10.1. The normalized spacial score (nSPS) is 11.7. The van der Waals surface area contributed by atoms with Crippen molar-refractivity contribution in [3.63, 3.8) is 0 Å². The summed E-state index contributed by atoms with van der Waals surface area (Å²) >= 11 is 5.85. The maximum absolute atomic E-state index is 11.8. The average Bonchev–Trinajstić information content (AvgIpc) is 2.51. The van der Waals surface area contributed by atoms with Crippen LogP contribution in [0.5, 0.6) is 5.75 Å². The fourth-order valence-corrected chi connectivity index (χ4v) is 2.10. The molecule has 21 heavy (non-hydrogen) atoms. The van der Waals surface area contributed by atoms with E-state index in [1.54, 1.807) is 24.3 Å². The third kappa shape index (κ3) is 5.12. The second-order valence-corrected chi connectivity index (χ2v) is 5.30. The highest BCUT2D eigenvalue weighted by Crippen LogP contribution is 2.17. The van der Waals surface area contributed by atoms with Gasteiger partial charge in [-0.1, -0.05) is 54.9 Å². The van der Waals surface area contributed by atoms with Crippen molar-refractivity contribution in [2.45, 2.75) is 12.8 Å². The summed E-state index contributed by atoms with van der Waals surface area (Å²) in [5.41, 5.74) is 1.20. The lowest BCUT2D eigenvalue weighted by molar-refractivity contribution is -0.123. The fourth-order valence-electron chi connectivity index (χ4n) is 1.92. The van der Waals surface area contributed by atoms with Gasteiger partial charge in [0.05, 0.1) is 0 Å². The van der Waals surface area contributed by atoms with Crippen LogP contribution >= 0.6 is 11.6 Å². The van der Waals surface area contributed by atoms with Gasteiger partial charge < -0.3 is 10.1 Å². The molecule has 1 N–H and O–H groups in total. The molecule has 0 saturated heterocycles. The predicted molar refractivity (Wildman–Crippen MR) is 84.8 cm³/mol.